The lowest BCUT2D eigenvalue weighted by molar-refractivity contribution is -0.121. The normalized spacial score (nSPS) is 25.2. The molecule has 1 unspecified atom stereocenters. The molecule has 0 spiro atoms. The first-order valence-corrected chi connectivity index (χ1v) is 3.70. The Bertz CT molecular complexity index is 260. The van der Waals surface area contributed by atoms with E-state index in [1.165, 1.54) is 9.80 Å². The van der Waals surface area contributed by atoms with Crippen molar-refractivity contribution in [2.75, 3.05) is 14.1 Å². The topological polar surface area (TPSA) is 40.6 Å². The van der Waals surface area contributed by atoms with Crippen molar-refractivity contribution in [3.8, 4) is 0 Å². The smallest absolute Gasteiger partial charge is 0.317 e. The molecule has 0 bridgehead atoms. The zero-order valence-electron chi connectivity index (χ0n) is 7.50. The Hall–Kier alpha value is -1.32. The maximum Gasteiger partial charge on any atom is 0.324 e. The second kappa shape index (κ2) is 2.62. The number of carbonyl (C=O) groups excluding carboxylic acids is 2. The van der Waals surface area contributed by atoms with E-state index in [1.807, 2.05) is 0 Å². The maximum absolute atomic E-state index is 11.4. The van der Waals surface area contributed by atoms with Gasteiger partial charge >= 0.3 is 6.03 Å². The van der Waals surface area contributed by atoms with Gasteiger partial charge in [0, 0.05) is 14.1 Å². The first-order valence-electron chi connectivity index (χ1n) is 3.70. The van der Waals surface area contributed by atoms with Gasteiger partial charge in [0.15, 0.2) is 0 Å². The summed E-state index contributed by atoms with van der Waals surface area (Å²) in [6.07, 6.45) is 0. The zero-order valence-corrected chi connectivity index (χ0v) is 7.50. The van der Waals surface area contributed by atoms with Crippen molar-refractivity contribution in [1.82, 2.24) is 9.80 Å². The number of ketones is 1. The van der Waals surface area contributed by atoms with Gasteiger partial charge in [-0.25, -0.2) is 4.79 Å². The fraction of sp³-hybridized carbons (Fsp3) is 0.500. The molecule has 0 N–H and O–H groups in total. The molecule has 0 saturated carbocycles. The van der Waals surface area contributed by atoms with Gasteiger partial charge in [-0.15, -0.1) is 0 Å². The minimum atomic E-state index is -0.388. The second-order valence-electron chi connectivity index (χ2n) is 2.94. The maximum atomic E-state index is 11.4. The van der Waals surface area contributed by atoms with Gasteiger partial charge in [-0.2, -0.15) is 0 Å². The van der Waals surface area contributed by atoms with E-state index in [1.54, 1.807) is 21.0 Å². The SMILES string of the molecule is C=C1C(=O)C(C)N(C)C(=O)N1C. The van der Waals surface area contributed by atoms with E-state index in [0.29, 0.717) is 0 Å². The average molecular weight is 168 g/mol. The van der Waals surface area contributed by atoms with Gasteiger partial charge in [-0.1, -0.05) is 6.58 Å². The summed E-state index contributed by atoms with van der Waals surface area (Å²) in [7, 11) is 3.15. The van der Waals surface area contributed by atoms with E-state index in [0.717, 1.165) is 0 Å². The molecule has 2 amide bonds. The number of amides is 2. The van der Waals surface area contributed by atoms with E-state index in [9.17, 15) is 9.59 Å². The van der Waals surface area contributed by atoms with Crippen molar-refractivity contribution < 1.29 is 9.59 Å². The highest BCUT2D eigenvalue weighted by atomic mass is 16.2. The molecule has 0 aliphatic carbocycles. The fourth-order valence-corrected chi connectivity index (χ4v) is 1.10. The van der Waals surface area contributed by atoms with E-state index < -0.39 is 0 Å². The first-order chi connectivity index (χ1) is 5.46. The van der Waals surface area contributed by atoms with Crippen molar-refractivity contribution in [2.45, 2.75) is 13.0 Å². The molecule has 1 atom stereocenters. The predicted molar refractivity (Wildman–Crippen MR) is 44.5 cm³/mol. The third-order valence-electron chi connectivity index (χ3n) is 2.24. The summed E-state index contributed by atoms with van der Waals surface area (Å²) in [6, 6.07) is -0.576. The number of hydrogen-bond acceptors (Lipinski definition) is 2. The van der Waals surface area contributed by atoms with Gasteiger partial charge in [-0.3, -0.25) is 9.69 Å². The van der Waals surface area contributed by atoms with Crippen LogP contribution in [-0.2, 0) is 4.79 Å². The van der Waals surface area contributed by atoms with Crippen molar-refractivity contribution in [3.05, 3.63) is 12.3 Å². The van der Waals surface area contributed by atoms with Crippen LogP contribution in [0.2, 0.25) is 0 Å². The monoisotopic (exact) mass is 168 g/mol. The van der Waals surface area contributed by atoms with Crippen molar-refractivity contribution in [2.24, 2.45) is 0 Å². The fourth-order valence-electron chi connectivity index (χ4n) is 1.10. The van der Waals surface area contributed by atoms with Crippen LogP contribution in [0.3, 0.4) is 0 Å². The van der Waals surface area contributed by atoms with E-state index in [4.69, 9.17) is 0 Å². The molecule has 1 fully saturated rings. The summed E-state index contributed by atoms with van der Waals surface area (Å²) in [4.78, 5) is 25.4. The summed E-state index contributed by atoms with van der Waals surface area (Å²) >= 11 is 0. The van der Waals surface area contributed by atoms with Crippen LogP contribution < -0.4 is 0 Å². The lowest BCUT2D eigenvalue weighted by atomic mass is 10.1. The zero-order chi connectivity index (χ0) is 9.46. The molecular formula is C8H12N2O2. The van der Waals surface area contributed by atoms with Crippen LogP contribution in [0, 0.1) is 0 Å². The van der Waals surface area contributed by atoms with Gasteiger partial charge in [0.1, 0.15) is 0 Å². The van der Waals surface area contributed by atoms with Crippen LogP contribution in [0.15, 0.2) is 12.3 Å². The lowest BCUT2D eigenvalue weighted by Gasteiger charge is -2.35. The Morgan fingerprint density at radius 1 is 1.33 bits per heavy atom. The van der Waals surface area contributed by atoms with Crippen LogP contribution in [-0.4, -0.2) is 41.8 Å². The Morgan fingerprint density at radius 3 is 2.33 bits per heavy atom. The van der Waals surface area contributed by atoms with E-state index in [-0.39, 0.29) is 23.6 Å². The summed E-state index contributed by atoms with van der Waals surface area (Å²) in [6.45, 7) is 5.23. The molecule has 0 aromatic rings. The second-order valence-corrected chi connectivity index (χ2v) is 2.94. The molecule has 0 aromatic heterocycles. The lowest BCUT2D eigenvalue weighted by Crippen LogP contribution is -2.53. The quantitative estimate of drug-likeness (QED) is 0.493. The van der Waals surface area contributed by atoms with Crippen molar-refractivity contribution in [3.63, 3.8) is 0 Å². The van der Waals surface area contributed by atoms with Crippen LogP contribution in [0.25, 0.3) is 0 Å². The third kappa shape index (κ3) is 0.995. The highest BCUT2D eigenvalue weighted by molar-refractivity contribution is 6.05. The minimum Gasteiger partial charge on any atom is -0.317 e. The average Bonchev–Trinajstić information content (AvgIpc) is 2.08. The number of nitrogens with zero attached hydrogens (tertiary/aromatic N) is 2. The molecule has 1 rings (SSSR count). The molecule has 4 nitrogen and oxygen atoms in total. The van der Waals surface area contributed by atoms with Crippen molar-refractivity contribution in [1.29, 1.82) is 0 Å². The Labute approximate surface area is 71.4 Å². The van der Waals surface area contributed by atoms with Crippen LogP contribution >= 0.6 is 0 Å². The predicted octanol–water partition coefficient (Wildman–Crippen LogP) is 0.455. The molecular weight excluding hydrogens is 156 g/mol. The summed E-state index contributed by atoms with van der Waals surface area (Å²) < 4.78 is 0. The van der Waals surface area contributed by atoms with E-state index in [2.05, 4.69) is 6.58 Å². The summed E-state index contributed by atoms with van der Waals surface area (Å²) in [5, 5.41) is 0. The van der Waals surface area contributed by atoms with Gasteiger partial charge in [0.05, 0.1) is 11.7 Å². The molecule has 0 aromatic carbocycles. The molecule has 1 aliphatic heterocycles. The highest BCUT2D eigenvalue weighted by Crippen LogP contribution is 2.16. The molecule has 1 saturated heterocycles. The van der Waals surface area contributed by atoms with Gasteiger partial charge in [0.2, 0.25) is 5.78 Å². The van der Waals surface area contributed by atoms with Gasteiger partial charge in [-0.05, 0) is 6.92 Å². The summed E-state index contributed by atoms with van der Waals surface area (Å²) in [5.41, 5.74) is 0.269. The number of likely N-dealkylation sites (N-methyl/N-ethyl adjacent to an activating group) is 2. The largest absolute Gasteiger partial charge is 0.324 e. The highest BCUT2D eigenvalue weighted by Gasteiger charge is 2.34. The van der Waals surface area contributed by atoms with Crippen LogP contribution in [0.1, 0.15) is 6.92 Å². The van der Waals surface area contributed by atoms with Gasteiger partial charge in [0.25, 0.3) is 0 Å². The van der Waals surface area contributed by atoms with Crippen LogP contribution in [0.5, 0.6) is 0 Å². The molecule has 0 radical (unpaired) electrons. The van der Waals surface area contributed by atoms with Gasteiger partial charge < -0.3 is 4.90 Å². The standard InChI is InChI=1S/C8H12N2O2/c1-5-7(11)6(2)10(4)8(12)9(5)3/h6H,1H2,2-4H3. The van der Waals surface area contributed by atoms with Crippen molar-refractivity contribution >= 4 is 11.8 Å². The number of Topliss-reactive ketones (excluding diaryl/α,β-unsaturated/α-hetero) is 1. The summed E-state index contributed by atoms with van der Waals surface area (Å²) in [5.74, 6) is -0.0976. The van der Waals surface area contributed by atoms with Crippen LogP contribution in [0.4, 0.5) is 4.79 Å². The minimum absolute atomic E-state index is 0.0976. The first kappa shape index (κ1) is 8.77. The number of hydrogen-bond donors (Lipinski definition) is 0. The Kier molecular flexibility index (Phi) is 1.92. The Morgan fingerprint density at radius 2 is 1.83 bits per heavy atom. The molecule has 1 aliphatic rings. The van der Waals surface area contributed by atoms with E-state index >= 15 is 0 Å². The third-order valence-corrected chi connectivity index (χ3v) is 2.24. The molecule has 4 heteroatoms. The number of carbonyl (C=O) groups is 2. The molecule has 66 valence electrons. The molecule has 1 heterocycles. The molecule has 12 heavy (non-hydrogen) atoms. The number of rotatable bonds is 0. The Balaban J connectivity index is 2.99. The number of urea groups is 1.